The zero-order valence-electron chi connectivity index (χ0n) is 16.6. The summed E-state index contributed by atoms with van der Waals surface area (Å²) in [6.07, 6.45) is 0.00166. The Hall–Kier alpha value is -2.26. The van der Waals surface area contributed by atoms with E-state index >= 15 is 0 Å². The number of hydrogen-bond donors (Lipinski definition) is 0. The van der Waals surface area contributed by atoms with Gasteiger partial charge in [0.2, 0.25) is 0 Å². The molecule has 0 fully saturated rings. The third-order valence-electron chi connectivity index (χ3n) is 3.68. The number of rotatable bonds is 9. The zero-order valence-corrected chi connectivity index (χ0v) is 16.6. The summed E-state index contributed by atoms with van der Waals surface area (Å²) in [7, 11) is 1.30. The van der Waals surface area contributed by atoms with Crippen LogP contribution in [0.1, 0.15) is 38.8 Å². The molecule has 7 heteroatoms. The maximum absolute atomic E-state index is 8.87. The van der Waals surface area contributed by atoms with Gasteiger partial charge in [0, 0.05) is 12.2 Å². The van der Waals surface area contributed by atoms with Gasteiger partial charge in [0.15, 0.2) is 0 Å². The van der Waals surface area contributed by atoms with E-state index < -0.39 is 7.32 Å². The van der Waals surface area contributed by atoms with E-state index in [0.717, 1.165) is 11.0 Å². The first kappa shape index (κ1) is 21.0. The number of nitrogens with zero attached hydrogens (tertiary/aromatic N) is 1. The molecular weight excluding hydrogens is 340 g/mol. The predicted octanol–water partition coefficient (Wildman–Crippen LogP) is 2.96. The largest absolute Gasteiger partial charge is 0.640 e. The van der Waals surface area contributed by atoms with Crippen LogP contribution in [0.4, 0.5) is 0 Å². The molecule has 2 aromatic rings. The molecule has 0 aliphatic carbocycles. The van der Waals surface area contributed by atoms with Crippen LogP contribution in [0.5, 0.6) is 11.5 Å². The Balaban J connectivity index is 2.05. The zero-order chi connectivity index (χ0) is 19.8. The summed E-state index contributed by atoms with van der Waals surface area (Å²) >= 11 is 0. The van der Waals surface area contributed by atoms with Crippen LogP contribution in [0.2, 0.25) is 0 Å². The molecule has 0 unspecified atom stereocenters. The van der Waals surface area contributed by atoms with Gasteiger partial charge in [-0.15, -0.1) is 0 Å². The van der Waals surface area contributed by atoms with Crippen LogP contribution in [0, 0.1) is 11.3 Å². The standard InChI is InChI=1S/C20H25B2NO4/c1-14(2)26-22(27-15(3)4)24-13-17-11-19(9-10-20(17)21)25-18-7-5-16(12-23)6-8-18/h5-11,14-15H,13,21H2,1-4H3. The fourth-order valence-electron chi connectivity index (χ4n) is 2.31. The molecule has 0 saturated carbocycles. The molecular formula is C20H25B2NO4. The third kappa shape index (κ3) is 7.10. The van der Waals surface area contributed by atoms with Crippen LogP contribution in [-0.2, 0) is 20.6 Å². The van der Waals surface area contributed by atoms with Crippen molar-refractivity contribution in [1.82, 2.24) is 0 Å². The molecule has 0 aliphatic heterocycles. The van der Waals surface area contributed by atoms with Gasteiger partial charge >= 0.3 is 7.32 Å². The maximum atomic E-state index is 8.87. The van der Waals surface area contributed by atoms with Crippen molar-refractivity contribution in [2.75, 3.05) is 0 Å². The van der Waals surface area contributed by atoms with Gasteiger partial charge in [-0.25, -0.2) is 0 Å². The van der Waals surface area contributed by atoms with Gasteiger partial charge in [-0.05, 0) is 69.7 Å². The minimum Gasteiger partial charge on any atom is -0.457 e. The Labute approximate surface area is 162 Å². The molecule has 2 aromatic carbocycles. The molecule has 0 spiro atoms. The topological polar surface area (TPSA) is 60.7 Å². The summed E-state index contributed by atoms with van der Waals surface area (Å²) in [6.45, 7) is 8.11. The Morgan fingerprint density at radius 2 is 1.56 bits per heavy atom. The summed E-state index contributed by atoms with van der Waals surface area (Å²) in [5.74, 6) is 1.38. The van der Waals surface area contributed by atoms with Gasteiger partial charge in [0.25, 0.3) is 0 Å². The second kappa shape index (κ2) is 10.2. The number of ether oxygens (including phenoxy) is 1. The molecule has 0 heterocycles. The smallest absolute Gasteiger partial charge is 0.457 e. The Morgan fingerprint density at radius 3 is 2.11 bits per heavy atom. The van der Waals surface area contributed by atoms with E-state index in [0.29, 0.717) is 23.7 Å². The molecule has 140 valence electrons. The van der Waals surface area contributed by atoms with Crippen LogP contribution in [0.15, 0.2) is 42.5 Å². The van der Waals surface area contributed by atoms with Gasteiger partial charge in [0.1, 0.15) is 19.3 Å². The minimum absolute atomic E-state index is 0.000830. The van der Waals surface area contributed by atoms with E-state index in [2.05, 4.69) is 6.07 Å². The summed E-state index contributed by atoms with van der Waals surface area (Å²) in [4.78, 5) is 0. The second-order valence-corrected chi connectivity index (χ2v) is 6.80. The van der Waals surface area contributed by atoms with Crippen molar-refractivity contribution in [2.45, 2.75) is 46.5 Å². The van der Waals surface area contributed by atoms with Crippen molar-refractivity contribution in [3.8, 4) is 17.6 Å². The Bertz CT molecular complexity index is 763. The van der Waals surface area contributed by atoms with Gasteiger partial charge in [-0.3, -0.25) is 0 Å². The molecule has 0 amide bonds. The molecule has 0 radical (unpaired) electrons. The van der Waals surface area contributed by atoms with E-state index in [1.54, 1.807) is 24.3 Å². The molecule has 0 atom stereocenters. The number of hydrogen-bond acceptors (Lipinski definition) is 5. The Morgan fingerprint density at radius 1 is 0.963 bits per heavy atom. The van der Waals surface area contributed by atoms with Crippen LogP contribution < -0.4 is 10.2 Å². The van der Waals surface area contributed by atoms with Crippen LogP contribution in [0.25, 0.3) is 0 Å². The van der Waals surface area contributed by atoms with E-state index in [9.17, 15) is 0 Å². The number of nitriles is 1. The summed E-state index contributed by atoms with van der Waals surface area (Å²) in [5, 5.41) is 8.87. The average molecular weight is 365 g/mol. The van der Waals surface area contributed by atoms with Gasteiger partial charge in [-0.1, -0.05) is 11.5 Å². The normalized spacial score (nSPS) is 10.9. The quantitative estimate of drug-likeness (QED) is 0.640. The predicted molar refractivity (Wildman–Crippen MR) is 109 cm³/mol. The lowest BCUT2D eigenvalue weighted by Gasteiger charge is -2.19. The number of benzene rings is 2. The van der Waals surface area contributed by atoms with Gasteiger partial charge in [-0.2, -0.15) is 5.26 Å². The van der Waals surface area contributed by atoms with Crippen molar-refractivity contribution in [3.05, 3.63) is 53.6 Å². The highest BCUT2D eigenvalue weighted by atomic mass is 16.7. The third-order valence-corrected chi connectivity index (χ3v) is 3.68. The summed E-state index contributed by atoms with van der Waals surface area (Å²) in [5.41, 5.74) is 2.68. The first-order chi connectivity index (χ1) is 12.9. The molecule has 0 saturated heterocycles. The highest BCUT2D eigenvalue weighted by molar-refractivity contribution is 6.36. The maximum Gasteiger partial charge on any atom is 0.640 e. The molecule has 0 aromatic heterocycles. The van der Waals surface area contributed by atoms with Crippen molar-refractivity contribution in [1.29, 1.82) is 5.26 Å². The van der Waals surface area contributed by atoms with Crippen molar-refractivity contribution < 1.29 is 18.7 Å². The first-order valence-corrected chi connectivity index (χ1v) is 9.07. The molecule has 0 N–H and O–H groups in total. The molecule has 0 bridgehead atoms. The monoisotopic (exact) mass is 365 g/mol. The summed E-state index contributed by atoms with van der Waals surface area (Å²) < 4.78 is 23.0. The molecule has 5 nitrogen and oxygen atoms in total. The average Bonchev–Trinajstić information content (AvgIpc) is 2.61. The first-order valence-electron chi connectivity index (χ1n) is 9.07. The van der Waals surface area contributed by atoms with Gasteiger partial charge in [0.05, 0.1) is 18.2 Å². The molecule has 27 heavy (non-hydrogen) atoms. The highest BCUT2D eigenvalue weighted by Gasteiger charge is 2.24. The van der Waals surface area contributed by atoms with Crippen molar-refractivity contribution >= 4 is 20.6 Å². The van der Waals surface area contributed by atoms with Gasteiger partial charge < -0.3 is 18.7 Å². The van der Waals surface area contributed by atoms with E-state index in [1.807, 2.05) is 53.7 Å². The SMILES string of the molecule is Bc1ccc(Oc2ccc(C#N)cc2)cc1COB(OC(C)C)OC(C)C. The lowest BCUT2D eigenvalue weighted by Crippen LogP contribution is -2.33. The van der Waals surface area contributed by atoms with E-state index in [4.69, 9.17) is 24.0 Å². The van der Waals surface area contributed by atoms with E-state index in [1.165, 1.54) is 0 Å². The fourth-order valence-corrected chi connectivity index (χ4v) is 2.31. The highest BCUT2D eigenvalue weighted by Crippen LogP contribution is 2.22. The lowest BCUT2D eigenvalue weighted by molar-refractivity contribution is 0.0461. The molecule has 0 aliphatic rings. The fraction of sp³-hybridized carbons (Fsp3) is 0.350. The van der Waals surface area contributed by atoms with Crippen molar-refractivity contribution in [3.63, 3.8) is 0 Å². The Kier molecular flexibility index (Phi) is 7.93. The minimum atomic E-state index is -0.715. The molecule has 2 rings (SSSR count). The van der Waals surface area contributed by atoms with E-state index in [-0.39, 0.29) is 12.2 Å². The second-order valence-electron chi connectivity index (χ2n) is 6.80. The lowest BCUT2D eigenvalue weighted by atomic mass is 9.90. The van der Waals surface area contributed by atoms with Crippen LogP contribution in [0.3, 0.4) is 0 Å². The van der Waals surface area contributed by atoms with Crippen molar-refractivity contribution in [2.24, 2.45) is 0 Å². The van der Waals surface area contributed by atoms with Crippen LogP contribution >= 0.6 is 0 Å². The van der Waals surface area contributed by atoms with Crippen LogP contribution in [-0.4, -0.2) is 27.4 Å². The summed E-state index contributed by atoms with van der Waals surface area (Å²) in [6, 6.07) is 14.9.